The first-order valence-electron chi connectivity index (χ1n) is 20.9. The molecule has 0 aromatic heterocycles. The highest BCUT2D eigenvalue weighted by molar-refractivity contribution is 7.80. The maximum Gasteiger partial charge on any atom is 0.327 e. The first kappa shape index (κ1) is 57.1. The Morgan fingerprint density at radius 3 is 1.81 bits per heavy atom. The molecule has 0 radical (unpaired) electrons. The fourth-order valence-corrected chi connectivity index (χ4v) is 6.67. The molecule has 64 heavy (non-hydrogen) atoms. The highest BCUT2D eigenvalue weighted by atomic mass is 32.1. The van der Waals surface area contributed by atoms with Gasteiger partial charge < -0.3 is 80.4 Å². The number of carboxylic acids is 1. The third-order valence-corrected chi connectivity index (χ3v) is 10.9. The quantitative estimate of drug-likeness (QED) is 0.0138. The molecule has 0 aliphatic carbocycles. The summed E-state index contributed by atoms with van der Waals surface area (Å²) < 4.78 is 0. The number of rotatable bonds is 30. The third kappa shape index (κ3) is 19.4. The van der Waals surface area contributed by atoms with E-state index in [1.165, 1.54) is 4.90 Å². The first-order valence-corrected chi connectivity index (χ1v) is 22.1. The number of nitrogens with two attached hydrogens (primary N) is 4. The summed E-state index contributed by atoms with van der Waals surface area (Å²) >= 11 is 7.91. The molecule has 0 aromatic carbocycles. The molecule has 25 nitrogen and oxygen atoms in total. The van der Waals surface area contributed by atoms with E-state index in [0.29, 0.717) is 38.6 Å². The van der Waals surface area contributed by atoms with Crippen LogP contribution in [0.1, 0.15) is 65.2 Å². The minimum absolute atomic E-state index is 0.000823. The number of aliphatic hydroxyl groups excluding tert-OH is 2. The lowest BCUT2D eigenvalue weighted by Crippen LogP contribution is -2.61. The molecule has 0 aromatic rings. The van der Waals surface area contributed by atoms with E-state index in [-0.39, 0.29) is 49.8 Å². The summed E-state index contributed by atoms with van der Waals surface area (Å²) in [5.74, 6) is -9.07. The van der Waals surface area contributed by atoms with Crippen LogP contribution in [0.2, 0.25) is 0 Å². The summed E-state index contributed by atoms with van der Waals surface area (Å²) in [6, 6.07) is -10.6. The van der Waals surface area contributed by atoms with E-state index in [1.54, 1.807) is 13.8 Å². The monoisotopic (exact) mass is 949 g/mol. The van der Waals surface area contributed by atoms with Gasteiger partial charge in [-0.05, 0) is 57.4 Å². The van der Waals surface area contributed by atoms with Gasteiger partial charge in [-0.3, -0.25) is 43.3 Å². The number of unbranched alkanes of at least 4 members (excludes halogenated alkanes) is 1. The van der Waals surface area contributed by atoms with E-state index in [9.17, 15) is 58.5 Å². The summed E-state index contributed by atoms with van der Waals surface area (Å²) in [6.07, 6.45) is 2.14. The number of likely N-dealkylation sites (tertiary alicyclic amines) is 1. The molecule has 8 amide bonds. The highest BCUT2D eigenvalue weighted by Gasteiger charge is 2.37. The van der Waals surface area contributed by atoms with Gasteiger partial charge in [0.05, 0.1) is 25.8 Å². The minimum Gasteiger partial charge on any atom is -0.480 e. The number of thiol groups is 2. The molecule has 364 valence electrons. The summed E-state index contributed by atoms with van der Waals surface area (Å²) in [6.45, 7) is 1.47. The van der Waals surface area contributed by atoms with E-state index in [1.807, 2.05) is 0 Å². The summed E-state index contributed by atoms with van der Waals surface area (Å²) in [7, 11) is 0. The van der Waals surface area contributed by atoms with Crippen LogP contribution in [0, 0.1) is 5.92 Å². The Hall–Kier alpha value is -4.96. The van der Waals surface area contributed by atoms with Gasteiger partial charge in [-0.1, -0.05) is 20.3 Å². The number of aliphatic hydroxyl groups is 2. The molecule has 0 unspecified atom stereocenters. The third-order valence-electron chi connectivity index (χ3n) is 10.2. The molecule has 0 spiro atoms. The molecule has 1 fully saturated rings. The molecule has 27 heteroatoms. The largest absolute Gasteiger partial charge is 0.480 e. The van der Waals surface area contributed by atoms with Crippen molar-refractivity contribution in [3.8, 4) is 0 Å². The van der Waals surface area contributed by atoms with Crippen molar-refractivity contribution in [2.24, 2.45) is 33.8 Å². The van der Waals surface area contributed by atoms with Crippen molar-refractivity contribution < 1.29 is 58.5 Å². The number of hydrogen-bond acceptors (Lipinski definition) is 16. The zero-order valence-electron chi connectivity index (χ0n) is 36.1. The highest BCUT2D eigenvalue weighted by Crippen LogP contribution is 2.18. The van der Waals surface area contributed by atoms with Gasteiger partial charge in [0, 0.05) is 24.6 Å². The maximum absolute atomic E-state index is 13.8. The van der Waals surface area contributed by atoms with Crippen LogP contribution < -0.4 is 60.2 Å². The molecule has 1 aliphatic rings. The zero-order chi connectivity index (χ0) is 48.5. The number of carbonyl (C=O) groups is 9. The molecular weight excluding hydrogens is 883 g/mol. The van der Waals surface area contributed by atoms with E-state index in [0.717, 1.165) is 0 Å². The average Bonchev–Trinajstić information content (AvgIpc) is 3.77. The number of aliphatic carboxylic acids is 1. The van der Waals surface area contributed by atoms with Gasteiger partial charge in [0.15, 0.2) is 5.96 Å². The molecule has 0 saturated carbocycles. The lowest BCUT2D eigenvalue weighted by atomic mass is 9.97. The van der Waals surface area contributed by atoms with Gasteiger partial charge in [0.1, 0.15) is 42.3 Å². The van der Waals surface area contributed by atoms with Crippen molar-refractivity contribution in [1.29, 1.82) is 0 Å². The Morgan fingerprint density at radius 2 is 1.28 bits per heavy atom. The van der Waals surface area contributed by atoms with Crippen LogP contribution in [0.25, 0.3) is 0 Å². The van der Waals surface area contributed by atoms with Gasteiger partial charge in [-0.25, -0.2) is 4.79 Å². The van der Waals surface area contributed by atoms with Crippen molar-refractivity contribution in [1.82, 2.24) is 42.1 Å². The van der Waals surface area contributed by atoms with E-state index < -0.39 is 127 Å². The number of guanidine groups is 1. The fourth-order valence-electron chi connectivity index (χ4n) is 6.27. The van der Waals surface area contributed by atoms with Crippen LogP contribution in [0.3, 0.4) is 0 Å². The second-order valence-electron chi connectivity index (χ2n) is 15.1. The molecule has 9 atom stereocenters. The van der Waals surface area contributed by atoms with E-state index >= 15 is 0 Å². The number of nitrogens with one attached hydrogen (secondary N) is 7. The fraction of sp³-hybridized carbons (Fsp3) is 0.730. The van der Waals surface area contributed by atoms with E-state index in [4.69, 9.17) is 22.9 Å². The maximum atomic E-state index is 13.8. The van der Waals surface area contributed by atoms with Crippen LogP contribution in [-0.2, 0) is 43.2 Å². The van der Waals surface area contributed by atoms with Crippen molar-refractivity contribution in [2.75, 3.05) is 50.9 Å². The number of aliphatic imine (C=N–C) groups is 1. The van der Waals surface area contributed by atoms with Gasteiger partial charge in [0.2, 0.25) is 47.3 Å². The number of carbonyl (C=O) groups excluding carboxylic acids is 8. The second-order valence-corrected chi connectivity index (χ2v) is 15.8. The normalized spacial score (nSPS) is 17.1. The molecule has 1 rings (SSSR count). The predicted octanol–water partition coefficient (Wildman–Crippen LogP) is -6.51. The SMILES string of the molecule is CC[C@H](C)[C@H](NC(=O)[C@H](CCCCN)NC(=O)CNC(=O)[C@@H]1CCCN1C(=O)[C@@H](N)CS)C(=O)N[C@@H](CO)C(=O)N[C@@H](CCCN=C(N)N)C(=O)N[C@@H](CO)C(=O)N[C@@H](CS)C(=O)O. The number of amides is 8. The zero-order valence-corrected chi connectivity index (χ0v) is 37.9. The van der Waals surface area contributed by atoms with Gasteiger partial charge in [-0.2, -0.15) is 25.3 Å². The molecule has 1 heterocycles. The van der Waals surface area contributed by atoms with Crippen molar-refractivity contribution in [3.05, 3.63) is 0 Å². The van der Waals surface area contributed by atoms with Crippen molar-refractivity contribution in [2.45, 2.75) is 114 Å². The number of carboxylic acid groups (broad SMARTS) is 1. The predicted molar refractivity (Wildman–Crippen MR) is 239 cm³/mol. The molecular formula is C37H67N13O12S2. The number of nitrogens with zero attached hydrogens (tertiary/aromatic N) is 2. The topological polar surface area (TPSA) is 418 Å². The summed E-state index contributed by atoms with van der Waals surface area (Å²) in [4.78, 5) is 122. The van der Waals surface area contributed by atoms with Crippen LogP contribution in [0.15, 0.2) is 4.99 Å². The summed E-state index contributed by atoms with van der Waals surface area (Å²) in [5.41, 5.74) is 22.2. The van der Waals surface area contributed by atoms with Crippen LogP contribution in [-0.4, -0.2) is 179 Å². The number of hydrogen-bond donors (Lipinski definition) is 16. The van der Waals surface area contributed by atoms with E-state index in [2.05, 4.69) is 67.5 Å². The summed E-state index contributed by atoms with van der Waals surface area (Å²) in [5, 5.41) is 46.1. The lowest BCUT2D eigenvalue weighted by Gasteiger charge is -2.29. The Labute approximate surface area is 382 Å². The second kappa shape index (κ2) is 30.2. The van der Waals surface area contributed by atoms with Crippen molar-refractivity contribution >= 4 is 84.4 Å². The minimum atomic E-state index is -1.70. The van der Waals surface area contributed by atoms with Crippen molar-refractivity contribution in [3.63, 3.8) is 0 Å². The van der Waals surface area contributed by atoms with Gasteiger partial charge in [-0.15, -0.1) is 0 Å². The standard InChI is InChI=1S/C37H67N13O12S2/c1-3-19(2)28(49-30(55)21(8-4-5-11-38)44-27(53)14-43-33(58)26-10-7-13-50(26)35(60)20(39)17-63)34(59)47-24(16-52)31(56)45-22(9-6-12-42-37(40)41)29(54)46-23(15-51)32(57)48-25(18-64)36(61)62/h19-26,28,51-52,63-64H,3-18,38-39H2,1-2H3,(H,43,58)(H,44,53)(H,45,56)(H,46,54)(H,47,59)(H,48,57)(H,49,55)(H,61,62)(H4,40,41,42)/t19-,20-,21-,22-,23-,24-,25-,26-,28-/m0/s1. The lowest BCUT2D eigenvalue weighted by molar-refractivity contribution is -0.142. The van der Waals surface area contributed by atoms with Crippen LogP contribution in [0.4, 0.5) is 0 Å². The molecule has 1 aliphatic heterocycles. The molecule has 0 bridgehead atoms. The Kier molecular flexibility index (Phi) is 26.9. The average molecular weight is 950 g/mol. The Bertz CT molecular complexity index is 1630. The smallest absolute Gasteiger partial charge is 0.327 e. The van der Waals surface area contributed by atoms with Gasteiger partial charge in [0.25, 0.3) is 0 Å². The molecule has 18 N–H and O–H groups in total. The Morgan fingerprint density at radius 1 is 0.750 bits per heavy atom. The van der Waals surface area contributed by atoms with Gasteiger partial charge >= 0.3 is 5.97 Å². The van der Waals surface area contributed by atoms with Crippen LogP contribution in [0.5, 0.6) is 0 Å². The Balaban J connectivity index is 3.18. The molecule has 1 saturated heterocycles. The first-order chi connectivity index (χ1) is 30.3. The van der Waals surface area contributed by atoms with Crippen LogP contribution >= 0.6 is 25.3 Å².